The topological polar surface area (TPSA) is 75.4 Å². The number of nitrogens with one attached hydrogen (secondary N) is 1. The maximum atomic E-state index is 12.2. The van der Waals surface area contributed by atoms with E-state index in [1.807, 2.05) is 25.1 Å². The van der Waals surface area contributed by atoms with Crippen molar-refractivity contribution in [3.05, 3.63) is 28.2 Å². The Kier molecular flexibility index (Phi) is 5.97. The molecule has 22 heavy (non-hydrogen) atoms. The highest BCUT2D eigenvalue weighted by atomic mass is 79.9. The molecule has 0 radical (unpaired) electrons. The first-order valence-electron chi connectivity index (χ1n) is 7.57. The van der Waals surface area contributed by atoms with Crippen molar-refractivity contribution in [1.82, 2.24) is 5.32 Å². The Morgan fingerprint density at radius 1 is 1.45 bits per heavy atom. The minimum atomic E-state index is -0.269. The molecule has 1 fully saturated rings. The number of carbonyl (C=O) groups excluding carboxylic acids is 2. The van der Waals surface area contributed by atoms with Crippen LogP contribution in [-0.2, 0) is 9.59 Å². The SMILES string of the molecule is Cc1cc(N2CC(C(=O)NCCCCN)CC2=O)ccc1Br. The molecular formula is C16H22BrN3O2. The molecule has 120 valence electrons. The second-order valence-corrected chi connectivity index (χ2v) is 6.48. The van der Waals surface area contributed by atoms with Crippen LogP contribution in [0.3, 0.4) is 0 Å². The molecule has 5 nitrogen and oxygen atoms in total. The Labute approximate surface area is 139 Å². The normalized spacial score (nSPS) is 17.9. The van der Waals surface area contributed by atoms with E-state index >= 15 is 0 Å². The lowest BCUT2D eigenvalue weighted by molar-refractivity contribution is -0.126. The fourth-order valence-electron chi connectivity index (χ4n) is 2.55. The van der Waals surface area contributed by atoms with Crippen LogP contribution in [0.1, 0.15) is 24.8 Å². The van der Waals surface area contributed by atoms with Gasteiger partial charge >= 0.3 is 0 Å². The molecule has 0 bridgehead atoms. The van der Waals surface area contributed by atoms with Gasteiger partial charge in [0.1, 0.15) is 0 Å². The van der Waals surface area contributed by atoms with Crippen LogP contribution in [0.15, 0.2) is 22.7 Å². The molecule has 1 saturated heterocycles. The molecule has 1 aromatic rings. The molecule has 0 aliphatic carbocycles. The summed E-state index contributed by atoms with van der Waals surface area (Å²) in [5.74, 6) is -0.306. The highest BCUT2D eigenvalue weighted by Gasteiger charge is 2.34. The first-order chi connectivity index (χ1) is 10.5. The minimum Gasteiger partial charge on any atom is -0.356 e. The van der Waals surface area contributed by atoms with Gasteiger partial charge in [-0.3, -0.25) is 9.59 Å². The van der Waals surface area contributed by atoms with Crippen LogP contribution in [0.4, 0.5) is 5.69 Å². The van der Waals surface area contributed by atoms with Crippen molar-refractivity contribution in [1.29, 1.82) is 0 Å². The number of nitrogens with zero attached hydrogens (tertiary/aromatic N) is 1. The first-order valence-corrected chi connectivity index (χ1v) is 8.36. The summed E-state index contributed by atoms with van der Waals surface area (Å²) >= 11 is 3.45. The Bertz CT molecular complexity index is 562. The van der Waals surface area contributed by atoms with E-state index in [0.29, 0.717) is 19.6 Å². The van der Waals surface area contributed by atoms with E-state index in [1.165, 1.54) is 0 Å². The lowest BCUT2D eigenvalue weighted by Gasteiger charge is -2.17. The predicted molar refractivity (Wildman–Crippen MR) is 90.6 cm³/mol. The van der Waals surface area contributed by atoms with Gasteiger partial charge in [-0.1, -0.05) is 15.9 Å². The van der Waals surface area contributed by atoms with Crippen LogP contribution < -0.4 is 16.0 Å². The van der Waals surface area contributed by atoms with Gasteiger partial charge in [-0.15, -0.1) is 0 Å². The standard InChI is InChI=1S/C16H22BrN3O2/c1-11-8-13(4-5-14(11)17)20-10-12(9-15(20)21)16(22)19-7-3-2-6-18/h4-5,8,12H,2-3,6-7,9-10,18H2,1H3,(H,19,22). The molecule has 1 aromatic carbocycles. The van der Waals surface area contributed by atoms with Crippen molar-refractivity contribution >= 4 is 33.4 Å². The van der Waals surface area contributed by atoms with Gasteiger partial charge in [0.05, 0.1) is 5.92 Å². The predicted octanol–water partition coefficient (Wildman–Crippen LogP) is 1.97. The third-order valence-electron chi connectivity index (χ3n) is 3.88. The summed E-state index contributed by atoms with van der Waals surface area (Å²) in [7, 11) is 0. The first kappa shape index (κ1) is 17.0. The Balaban J connectivity index is 1.95. The number of nitrogens with two attached hydrogens (primary N) is 1. The second kappa shape index (κ2) is 7.74. The lowest BCUT2D eigenvalue weighted by Crippen LogP contribution is -2.33. The second-order valence-electron chi connectivity index (χ2n) is 5.63. The van der Waals surface area contributed by atoms with E-state index in [-0.39, 0.29) is 24.2 Å². The zero-order valence-corrected chi connectivity index (χ0v) is 14.4. The third kappa shape index (κ3) is 4.08. The molecule has 1 atom stereocenters. The maximum Gasteiger partial charge on any atom is 0.227 e. The number of halogens is 1. The molecule has 1 aliphatic rings. The average molecular weight is 368 g/mol. The zero-order chi connectivity index (χ0) is 16.1. The number of benzene rings is 1. The number of rotatable bonds is 6. The molecule has 0 spiro atoms. The summed E-state index contributed by atoms with van der Waals surface area (Å²) in [6.45, 7) is 3.69. The van der Waals surface area contributed by atoms with Gasteiger partial charge in [0.25, 0.3) is 0 Å². The molecule has 6 heteroatoms. The zero-order valence-electron chi connectivity index (χ0n) is 12.8. The largest absolute Gasteiger partial charge is 0.356 e. The van der Waals surface area contributed by atoms with Crippen molar-refractivity contribution in [2.45, 2.75) is 26.2 Å². The fraction of sp³-hybridized carbons (Fsp3) is 0.500. The van der Waals surface area contributed by atoms with E-state index in [2.05, 4.69) is 21.2 Å². The molecule has 3 N–H and O–H groups in total. The summed E-state index contributed by atoms with van der Waals surface area (Å²) in [5, 5.41) is 2.89. The number of unbranched alkanes of at least 4 members (excludes halogenated alkanes) is 1. The van der Waals surface area contributed by atoms with Gasteiger partial charge in [0.2, 0.25) is 11.8 Å². The summed E-state index contributed by atoms with van der Waals surface area (Å²) in [6, 6.07) is 5.79. The summed E-state index contributed by atoms with van der Waals surface area (Å²) in [5.41, 5.74) is 7.34. The lowest BCUT2D eigenvalue weighted by atomic mass is 10.1. The van der Waals surface area contributed by atoms with Crippen LogP contribution in [-0.4, -0.2) is 31.4 Å². The van der Waals surface area contributed by atoms with Gasteiger partial charge in [-0.25, -0.2) is 0 Å². The summed E-state index contributed by atoms with van der Waals surface area (Å²) in [4.78, 5) is 26.0. The van der Waals surface area contributed by atoms with E-state index in [9.17, 15) is 9.59 Å². The van der Waals surface area contributed by atoms with Crippen molar-refractivity contribution in [3.63, 3.8) is 0 Å². The van der Waals surface area contributed by atoms with E-state index in [1.54, 1.807) is 4.90 Å². The molecule has 1 heterocycles. The molecule has 0 aromatic heterocycles. The minimum absolute atomic E-state index is 0.00355. The number of amides is 2. The molecule has 2 rings (SSSR count). The van der Waals surface area contributed by atoms with Crippen LogP contribution in [0.2, 0.25) is 0 Å². The molecule has 2 amide bonds. The van der Waals surface area contributed by atoms with Crippen LogP contribution >= 0.6 is 15.9 Å². The number of carbonyl (C=O) groups is 2. The third-order valence-corrected chi connectivity index (χ3v) is 4.77. The summed E-state index contributed by atoms with van der Waals surface area (Å²) in [6.07, 6.45) is 2.05. The van der Waals surface area contributed by atoms with Gasteiger partial charge in [0.15, 0.2) is 0 Å². The van der Waals surface area contributed by atoms with Crippen LogP contribution in [0, 0.1) is 12.8 Å². The fourth-order valence-corrected chi connectivity index (χ4v) is 2.80. The van der Waals surface area contributed by atoms with Crippen molar-refractivity contribution < 1.29 is 9.59 Å². The quantitative estimate of drug-likeness (QED) is 0.754. The van der Waals surface area contributed by atoms with E-state index < -0.39 is 0 Å². The Morgan fingerprint density at radius 2 is 2.23 bits per heavy atom. The molecular weight excluding hydrogens is 346 g/mol. The highest BCUT2D eigenvalue weighted by Crippen LogP contribution is 2.28. The monoisotopic (exact) mass is 367 g/mol. The van der Waals surface area contributed by atoms with Crippen LogP contribution in [0.5, 0.6) is 0 Å². The van der Waals surface area contributed by atoms with E-state index in [0.717, 1.165) is 28.6 Å². The number of aryl methyl sites for hydroxylation is 1. The van der Waals surface area contributed by atoms with Crippen molar-refractivity contribution in [3.8, 4) is 0 Å². The number of hydrogen-bond acceptors (Lipinski definition) is 3. The maximum absolute atomic E-state index is 12.2. The Morgan fingerprint density at radius 3 is 2.91 bits per heavy atom. The van der Waals surface area contributed by atoms with E-state index in [4.69, 9.17) is 5.73 Å². The van der Waals surface area contributed by atoms with Gasteiger partial charge in [-0.2, -0.15) is 0 Å². The number of hydrogen-bond donors (Lipinski definition) is 2. The highest BCUT2D eigenvalue weighted by molar-refractivity contribution is 9.10. The van der Waals surface area contributed by atoms with Crippen molar-refractivity contribution in [2.75, 3.05) is 24.5 Å². The smallest absolute Gasteiger partial charge is 0.227 e. The van der Waals surface area contributed by atoms with Gasteiger partial charge in [-0.05, 0) is 50.1 Å². The van der Waals surface area contributed by atoms with Gasteiger partial charge in [0, 0.05) is 29.7 Å². The molecule has 0 saturated carbocycles. The van der Waals surface area contributed by atoms with Crippen molar-refractivity contribution in [2.24, 2.45) is 11.7 Å². The molecule has 1 aliphatic heterocycles. The van der Waals surface area contributed by atoms with Gasteiger partial charge < -0.3 is 16.0 Å². The van der Waals surface area contributed by atoms with Crippen LogP contribution in [0.25, 0.3) is 0 Å². The average Bonchev–Trinajstić information content (AvgIpc) is 2.88. The Hall–Kier alpha value is -1.40. The molecule has 1 unspecified atom stereocenters. The number of anilines is 1. The summed E-state index contributed by atoms with van der Waals surface area (Å²) < 4.78 is 1.01.